The van der Waals surface area contributed by atoms with Gasteiger partial charge >= 0.3 is 6.09 Å². The zero-order valence-electron chi connectivity index (χ0n) is 14.8. The Morgan fingerprint density at radius 2 is 1.82 bits per heavy atom. The van der Waals surface area contributed by atoms with Crippen molar-refractivity contribution in [2.24, 2.45) is 10.8 Å². The number of rotatable bonds is 2. The van der Waals surface area contributed by atoms with Gasteiger partial charge in [0.25, 0.3) is 0 Å². The maximum absolute atomic E-state index is 13.3. The lowest BCUT2D eigenvalue weighted by molar-refractivity contribution is -0.142. The van der Waals surface area contributed by atoms with E-state index in [-0.39, 0.29) is 28.9 Å². The Bertz CT molecular complexity index is 448. The van der Waals surface area contributed by atoms with E-state index in [1.807, 2.05) is 25.7 Å². The highest BCUT2D eigenvalue weighted by atomic mass is 16.6. The summed E-state index contributed by atoms with van der Waals surface area (Å²) in [5.74, 6) is 0.0729. The molecule has 0 aromatic rings. The summed E-state index contributed by atoms with van der Waals surface area (Å²) >= 11 is 0. The number of nitrogens with zero attached hydrogens (tertiary/aromatic N) is 2. The third kappa shape index (κ3) is 3.23. The van der Waals surface area contributed by atoms with Gasteiger partial charge in [-0.25, -0.2) is 4.79 Å². The fraction of sp³-hybridized carbons (Fsp3) is 0.882. The molecule has 5 heteroatoms. The molecule has 0 aromatic carbocycles. The van der Waals surface area contributed by atoms with Gasteiger partial charge < -0.3 is 9.64 Å². The van der Waals surface area contributed by atoms with Crippen molar-refractivity contribution in [3.63, 3.8) is 0 Å². The zero-order valence-corrected chi connectivity index (χ0v) is 14.8. The summed E-state index contributed by atoms with van der Waals surface area (Å²) in [6.45, 7) is 14.3. The molecule has 0 aromatic heterocycles. The molecule has 0 bridgehead atoms. The molecule has 0 saturated carbocycles. The third-order valence-corrected chi connectivity index (χ3v) is 4.69. The van der Waals surface area contributed by atoms with Crippen LogP contribution in [0.15, 0.2) is 0 Å². The van der Waals surface area contributed by atoms with E-state index in [1.54, 1.807) is 4.90 Å². The van der Waals surface area contributed by atoms with Crippen LogP contribution in [0.5, 0.6) is 0 Å². The van der Waals surface area contributed by atoms with Crippen LogP contribution in [0, 0.1) is 10.8 Å². The molecule has 2 saturated heterocycles. The second-order valence-electron chi connectivity index (χ2n) is 8.63. The van der Waals surface area contributed by atoms with E-state index < -0.39 is 6.04 Å². The molecule has 0 aliphatic carbocycles. The number of likely N-dealkylation sites (tertiary alicyclic amines) is 1. The van der Waals surface area contributed by atoms with Crippen molar-refractivity contribution in [2.75, 3.05) is 19.7 Å². The van der Waals surface area contributed by atoms with Crippen LogP contribution >= 0.6 is 0 Å². The predicted octanol–water partition coefficient (Wildman–Crippen LogP) is 2.89. The summed E-state index contributed by atoms with van der Waals surface area (Å²) in [4.78, 5) is 28.9. The molecule has 0 radical (unpaired) electrons. The Morgan fingerprint density at radius 3 is 2.27 bits per heavy atom. The van der Waals surface area contributed by atoms with Crippen molar-refractivity contribution < 1.29 is 14.3 Å². The average molecular weight is 310 g/mol. The van der Waals surface area contributed by atoms with Crippen LogP contribution in [-0.4, -0.2) is 53.6 Å². The normalized spacial score (nSPS) is 24.6. The maximum Gasteiger partial charge on any atom is 0.410 e. The number of hydrogen-bond donors (Lipinski definition) is 0. The first kappa shape index (κ1) is 17.1. The lowest BCUT2D eigenvalue weighted by Gasteiger charge is -2.42. The molecule has 2 aliphatic rings. The maximum atomic E-state index is 13.3. The van der Waals surface area contributed by atoms with Crippen LogP contribution in [0.1, 0.15) is 54.4 Å². The minimum Gasteiger partial charge on any atom is -0.448 e. The van der Waals surface area contributed by atoms with Gasteiger partial charge in [0.2, 0.25) is 5.91 Å². The predicted molar refractivity (Wildman–Crippen MR) is 85.5 cm³/mol. The minimum absolute atomic E-state index is 0.0557. The molecular weight excluding hydrogens is 280 g/mol. The fourth-order valence-corrected chi connectivity index (χ4v) is 3.70. The van der Waals surface area contributed by atoms with E-state index in [9.17, 15) is 9.59 Å². The number of ether oxygens (including phenoxy) is 1. The number of carbonyl (C=O) groups excluding carboxylic acids is 2. The average Bonchev–Trinajstić information content (AvgIpc) is 2.96. The fourth-order valence-electron chi connectivity index (χ4n) is 3.70. The van der Waals surface area contributed by atoms with Gasteiger partial charge in [0.1, 0.15) is 12.6 Å². The van der Waals surface area contributed by atoms with Crippen LogP contribution in [-0.2, 0) is 9.53 Å². The molecular formula is C17H30N2O3. The monoisotopic (exact) mass is 310 g/mol. The van der Waals surface area contributed by atoms with Gasteiger partial charge in [-0.1, -0.05) is 41.5 Å². The number of amides is 2. The number of cyclic esters (lactones) is 1. The number of hydrogen-bond acceptors (Lipinski definition) is 3. The first-order valence-corrected chi connectivity index (χ1v) is 8.27. The highest BCUT2D eigenvalue weighted by Gasteiger charge is 2.47. The first-order valence-electron chi connectivity index (χ1n) is 8.27. The largest absolute Gasteiger partial charge is 0.448 e. The second kappa shape index (κ2) is 5.74. The topological polar surface area (TPSA) is 49.9 Å². The summed E-state index contributed by atoms with van der Waals surface area (Å²) in [6, 6.07) is -0.214. The van der Waals surface area contributed by atoms with Crippen LogP contribution in [0.4, 0.5) is 4.79 Å². The SMILES string of the molecule is CC(C)(C)C1CCCN1C(=O)C(N1CCOC1=O)C(C)(C)C. The quantitative estimate of drug-likeness (QED) is 0.788. The molecule has 2 heterocycles. The lowest BCUT2D eigenvalue weighted by Crippen LogP contribution is -2.57. The van der Waals surface area contributed by atoms with E-state index in [0.717, 1.165) is 19.4 Å². The Hall–Kier alpha value is -1.26. The van der Waals surface area contributed by atoms with Crippen molar-refractivity contribution in [3.8, 4) is 0 Å². The van der Waals surface area contributed by atoms with Gasteiger partial charge in [-0.2, -0.15) is 0 Å². The smallest absolute Gasteiger partial charge is 0.410 e. The van der Waals surface area contributed by atoms with Crippen molar-refractivity contribution in [1.82, 2.24) is 9.80 Å². The van der Waals surface area contributed by atoms with E-state index in [4.69, 9.17) is 4.74 Å². The molecule has 0 spiro atoms. The summed E-state index contributed by atoms with van der Waals surface area (Å²) < 4.78 is 5.06. The van der Waals surface area contributed by atoms with Crippen LogP contribution in [0.2, 0.25) is 0 Å². The summed E-state index contributed by atoms with van der Waals surface area (Å²) in [5.41, 5.74) is -0.258. The zero-order chi connectivity index (χ0) is 16.7. The molecule has 5 nitrogen and oxygen atoms in total. The first-order chi connectivity index (χ1) is 10.0. The van der Waals surface area contributed by atoms with Gasteiger partial charge in [-0.15, -0.1) is 0 Å². The Morgan fingerprint density at radius 1 is 1.18 bits per heavy atom. The van der Waals surface area contributed by atoms with Crippen molar-refractivity contribution in [2.45, 2.75) is 66.5 Å². The van der Waals surface area contributed by atoms with E-state index in [1.165, 1.54) is 0 Å². The third-order valence-electron chi connectivity index (χ3n) is 4.69. The highest BCUT2D eigenvalue weighted by Crippen LogP contribution is 2.36. The molecule has 2 atom stereocenters. The van der Waals surface area contributed by atoms with E-state index in [2.05, 4.69) is 20.8 Å². The molecule has 0 N–H and O–H groups in total. The lowest BCUT2D eigenvalue weighted by atomic mass is 9.82. The molecule has 22 heavy (non-hydrogen) atoms. The molecule has 2 aliphatic heterocycles. The highest BCUT2D eigenvalue weighted by molar-refractivity contribution is 5.87. The molecule has 2 rings (SSSR count). The number of carbonyl (C=O) groups is 2. The van der Waals surface area contributed by atoms with Gasteiger partial charge in [-0.05, 0) is 23.7 Å². The minimum atomic E-state index is -0.453. The Kier molecular flexibility index (Phi) is 4.46. The molecule has 2 fully saturated rings. The Labute approximate surface area is 134 Å². The van der Waals surface area contributed by atoms with Gasteiger partial charge in [0.15, 0.2) is 0 Å². The van der Waals surface area contributed by atoms with Crippen molar-refractivity contribution in [3.05, 3.63) is 0 Å². The van der Waals surface area contributed by atoms with Gasteiger partial charge in [0.05, 0.1) is 6.54 Å². The van der Waals surface area contributed by atoms with Gasteiger partial charge in [0, 0.05) is 12.6 Å². The van der Waals surface area contributed by atoms with Crippen molar-refractivity contribution in [1.29, 1.82) is 0 Å². The van der Waals surface area contributed by atoms with Crippen molar-refractivity contribution >= 4 is 12.0 Å². The van der Waals surface area contributed by atoms with E-state index in [0.29, 0.717) is 13.2 Å². The van der Waals surface area contributed by atoms with Crippen LogP contribution in [0.25, 0.3) is 0 Å². The van der Waals surface area contributed by atoms with Crippen LogP contribution in [0.3, 0.4) is 0 Å². The standard InChI is InChI=1S/C17H30N2O3/c1-16(2,3)12-8-7-9-18(12)14(20)13(17(4,5)6)19-10-11-22-15(19)21/h12-13H,7-11H2,1-6H3. The molecule has 2 unspecified atom stereocenters. The summed E-state index contributed by atoms with van der Waals surface area (Å²) in [6.07, 6.45) is 1.71. The molecule has 126 valence electrons. The van der Waals surface area contributed by atoms with Crippen LogP contribution < -0.4 is 0 Å². The molecule has 2 amide bonds. The van der Waals surface area contributed by atoms with E-state index >= 15 is 0 Å². The summed E-state index contributed by atoms with van der Waals surface area (Å²) in [5, 5.41) is 0. The Balaban J connectivity index is 2.28. The van der Waals surface area contributed by atoms with Gasteiger partial charge in [-0.3, -0.25) is 9.69 Å². The second-order valence-corrected chi connectivity index (χ2v) is 8.63. The summed E-state index contributed by atoms with van der Waals surface area (Å²) in [7, 11) is 0.